The molecule has 0 unspecified atom stereocenters. The van der Waals surface area contributed by atoms with Crippen molar-refractivity contribution in [2.24, 2.45) is 0 Å². The average molecular weight is 342 g/mol. The van der Waals surface area contributed by atoms with Crippen LogP contribution in [-0.2, 0) is 11.3 Å². The van der Waals surface area contributed by atoms with E-state index in [2.05, 4.69) is 5.16 Å². The van der Waals surface area contributed by atoms with Gasteiger partial charge < -0.3 is 9.26 Å². The van der Waals surface area contributed by atoms with Crippen LogP contribution in [0.15, 0.2) is 59.1 Å². The van der Waals surface area contributed by atoms with Crippen LogP contribution < -0.4 is 0 Å². The number of aromatic nitrogens is 1. The number of ether oxygens (including phenoxy) is 1. The SMILES string of the molecule is O=C(OCc1cc(-c2ccc(F)cc2)on1)c1ccc([N+](=O)[O-])cc1. The summed E-state index contributed by atoms with van der Waals surface area (Å²) >= 11 is 0. The van der Waals surface area contributed by atoms with Crippen molar-refractivity contribution in [1.82, 2.24) is 5.16 Å². The number of non-ortho nitro benzene ring substituents is 1. The first-order chi connectivity index (χ1) is 12.0. The predicted octanol–water partition coefficient (Wildman–Crippen LogP) is 3.75. The highest BCUT2D eigenvalue weighted by atomic mass is 19.1. The molecule has 1 aromatic heterocycles. The Kier molecular flexibility index (Phi) is 4.51. The molecular weight excluding hydrogens is 331 g/mol. The largest absolute Gasteiger partial charge is 0.455 e. The third kappa shape index (κ3) is 3.86. The van der Waals surface area contributed by atoms with E-state index < -0.39 is 10.9 Å². The molecule has 3 aromatic rings. The van der Waals surface area contributed by atoms with Crippen LogP contribution in [0.2, 0.25) is 0 Å². The van der Waals surface area contributed by atoms with Crippen LogP contribution in [0.1, 0.15) is 16.1 Å². The first-order valence-corrected chi connectivity index (χ1v) is 7.16. The van der Waals surface area contributed by atoms with Gasteiger partial charge in [-0.05, 0) is 36.4 Å². The van der Waals surface area contributed by atoms with E-state index in [1.165, 1.54) is 36.4 Å². The monoisotopic (exact) mass is 342 g/mol. The second-order valence-electron chi connectivity index (χ2n) is 5.07. The van der Waals surface area contributed by atoms with Gasteiger partial charge in [-0.3, -0.25) is 10.1 Å². The molecule has 0 spiro atoms. The molecule has 0 aliphatic heterocycles. The van der Waals surface area contributed by atoms with Crippen LogP contribution >= 0.6 is 0 Å². The van der Waals surface area contributed by atoms with Crippen molar-refractivity contribution in [3.8, 4) is 11.3 Å². The Morgan fingerprint density at radius 1 is 1.16 bits per heavy atom. The van der Waals surface area contributed by atoms with Crippen molar-refractivity contribution in [2.75, 3.05) is 0 Å². The van der Waals surface area contributed by atoms with Crippen LogP contribution in [0.5, 0.6) is 0 Å². The lowest BCUT2D eigenvalue weighted by atomic mass is 10.1. The number of rotatable bonds is 5. The van der Waals surface area contributed by atoms with Gasteiger partial charge in [-0.1, -0.05) is 5.16 Å². The van der Waals surface area contributed by atoms with E-state index in [0.717, 1.165) is 0 Å². The minimum Gasteiger partial charge on any atom is -0.455 e. The van der Waals surface area contributed by atoms with Gasteiger partial charge in [-0.2, -0.15) is 0 Å². The van der Waals surface area contributed by atoms with Gasteiger partial charge in [0.2, 0.25) is 0 Å². The second kappa shape index (κ2) is 6.91. The summed E-state index contributed by atoms with van der Waals surface area (Å²) in [4.78, 5) is 21.9. The smallest absolute Gasteiger partial charge is 0.338 e. The van der Waals surface area contributed by atoms with Gasteiger partial charge >= 0.3 is 5.97 Å². The maximum absolute atomic E-state index is 12.9. The van der Waals surface area contributed by atoms with Gasteiger partial charge in [0.15, 0.2) is 5.76 Å². The van der Waals surface area contributed by atoms with Gasteiger partial charge in [0, 0.05) is 23.8 Å². The summed E-state index contributed by atoms with van der Waals surface area (Å²) in [5, 5.41) is 14.4. The molecule has 0 radical (unpaired) electrons. The lowest BCUT2D eigenvalue weighted by Crippen LogP contribution is -2.05. The zero-order valence-electron chi connectivity index (χ0n) is 12.7. The summed E-state index contributed by atoms with van der Waals surface area (Å²) in [5.41, 5.74) is 1.10. The molecule has 126 valence electrons. The fourth-order valence-electron chi connectivity index (χ4n) is 2.07. The van der Waals surface area contributed by atoms with Crippen molar-refractivity contribution in [2.45, 2.75) is 6.61 Å². The summed E-state index contributed by atoms with van der Waals surface area (Å²) in [7, 11) is 0. The molecule has 25 heavy (non-hydrogen) atoms. The van der Waals surface area contributed by atoms with Gasteiger partial charge in [-0.15, -0.1) is 0 Å². The summed E-state index contributed by atoms with van der Waals surface area (Å²) in [6.07, 6.45) is 0. The van der Waals surface area contributed by atoms with E-state index in [9.17, 15) is 19.3 Å². The molecule has 0 atom stereocenters. The van der Waals surface area contributed by atoms with E-state index in [-0.39, 0.29) is 23.7 Å². The number of benzene rings is 2. The first-order valence-electron chi connectivity index (χ1n) is 7.16. The molecule has 0 bridgehead atoms. The maximum atomic E-state index is 12.9. The van der Waals surface area contributed by atoms with Crippen molar-refractivity contribution in [1.29, 1.82) is 0 Å². The predicted molar refractivity (Wildman–Crippen MR) is 84.1 cm³/mol. The molecule has 0 amide bonds. The molecule has 0 fully saturated rings. The Morgan fingerprint density at radius 3 is 2.48 bits per heavy atom. The molecule has 2 aromatic carbocycles. The van der Waals surface area contributed by atoms with E-state index in [4.69, 9.17) is 9.26 Å². The molecule has 0 N–H and O–H groups in total. The van der Waals surface area contributed by atoms with Crippen LogP contribution in [0.4, 0.5) is 10.1 Å². The fourth-order valence-corrected chi connectivity index (χ4v) is 2.07. The van der Waals surface area contributed by atoms with Crippen LogP contribution in [0, 0.1) is 15.9 Å². The minimum atomic E-state index is -0.638. The number of halogens is 1. The molecule has 0 aliphatic carbocycles. The molecular formula is C17H11FN2O5. The summed E-state index contributed by atoms with van der Waals surface area (Å²) in [6, 6.07) is 12.3. The highest BCUT2D eigenvalue weighted by Crippen LogP contribution is 2.21. The fraction of sp³-hybridized carbons (Fsp3) is 0.0588. The topological polar surface area (TPSA) is 95.5 Å². The Morgan fingerprint density at radius 2 is 1.84 bits per heavy atom. The highest BCUT2D eigenvalue weighted by Gasteiger charge is 2.13. The molecule has 0 saturated heterocycles. The number of hydrogen-bond acceptors (Lipinski definition) is 6. The zero-order valence-corrected chi connectivity index (χ0v) is 12.7. The normalized spacial score (nSPS) is 10.4. The Balaban J connectivity index is 1.62. The Labute approximate surface area is 140 Å². The molecule has 1 heterocycles. The number of hydrogen-bond donors (Lipinski definition) is 0. The van der Waals surface area contributed by atoms with Crippen LogP contribution in [0.3, 0.4) is 0 Å². The van der Waals surface area contributed by atoms with Crippen molar-refractivity contribution in [3.63, 3.8) is 0 Å². The van der Waals surface area contributed by atoms with Crippen molar-refractivity contribution in [3.05, 3.63) is 81.8 Å². The number of carbonyl (C=O) groups is 1. The Bertz CT molecular complexity index is 904. The number of nitro benzene ring substituents is 1. The average Bonchev–Trinajstić information content (AvgIpc) is 3.09. The summed E-state index contributed by atoms with van der Waals surface area (Å²) in [5.74, 6) is -0.580. The number of carbonyl (C=O) groups excluding carboxylic acids is 1. The van der Waals surface area contributed by atoms with Gasteiger partial charge in [0.1, 0.15) is 18.1 Å². The molecule has 8 heteroatoms. The molecule has 0 aliphatic rings. The standard InChI is InChI=1S/C17H11FN2O5/c18-13-5-1-11(2-6-13)16-9-14(19-25-16)10-24-17(21)12-3-7-15(8-4-12)20(22)23/h1-9H,10H2. The molecule has 3 rings (SSSR count). The van der Waals surface area contributed by atoms with Crippen LogP contribution in [0.25, 0.3) is 11.3 Å². The molecule has 0 saturated carbocycles. The van der Waals surface area contributed by atoms with Crippen molar-refractivity contribution < 1.29 is 23.4 Å². The Hall–Kier alpha value is -3.55. The maximum Gasteiger partial charge on any atom is 0.338 e. The zero-order chi connectivity index (χ0) is 17.8. The van der Waals surface area contributed by atoms with Gasteiger partial charge in [0.25, 0.3) is 5.69 Å². The first kappa shape index (κ1) is 16.3. The quantitative estimate of drug-likeness (QED) is 0.398. The minimum absolute atomic E-state index is 0.114. The highest BCUT2D eigenvalue weighted by molar-refractivity contribution is 5.89. The third-order valence-corrected chi connectivity index (χ3v) is 3.35. The van der Waals surface area contributed by atoms with E-state index in [0.29, 0.717) is 17.0 Å². The van der Waals surface area contributed by atoms with Gasteiger partial charge in [0.05, 0.1) is 10.5 Å². The number of nitro groups is 1. The van der Waals surface area contributed by atoms with E-state index in [1.54, 1.807) is 18.2 Å². The van der Waals surface area contributed by atoms with Gasteiger partial charge in [-0.25, -0.2) is 9.18 Å². The number of nitrogens with zero attached hydrogens (tertiary/aromatic N) is 2. The van der Waals surface area contributed by atoms with Crippen LogP contribution in [-0.4, -0.2) is 16.0 Å². The second-order valence-corrected chi connectivity index (χ2v) is 5.07. The van der Waals surface area contributed by atoms with E-state index >= 15 is 0 Å². The third-order valence-electron chi connectivity index (χ3n) is 3.35. The summed E-state index contributed by atoms with van der Waals surface area (Å²) < 4.78 is 23.1. The van der Waals surface area contributed by atoms with E-state index in [1.807, 2.05) is 0 Å². The molecule has 7 nitrogen and oxygen atoms in total. The number of esters is 1. The lowest BCUT2D eigenvalue weighted by molar-refractivity contribution is -0.384. The summed E-state index contributed by atoms with van der Waals surface area (Å²) in [6.45, 7) is -0.124. The lowest BCUT2D eigenvalue weighted by Gasteiger charge is -2.02. The van der Waals surface area contributed by atoms with Crippen molar-refractivity contribution >= 4 is 11.7 Å².